The molecular formula is C11H16N2O2. The molecule has 1 aliphatic carbocycles. The first-order valence-electron chi connectivity index (χ1n) is 5.54. The van der Waals surface area contributed by atoms with Crippen molar-refractivity contribution in [3.8, 4) is 6.07 Å². The average molecular weight is 208 g/mol. The van der Waals surface area contributed by atoms with Crippen LogP contribution in [0.2, 0.25) is 0 Å². The minimum absolute atomic E-state index is 0.0201. The van der Waals surface area contributed by atoms with Gasteiger partial charge in [-0.15, -0.1) is 0 Å². The van der Waals surface area contributed by atoms with E-state index in [1.807, 2.05) is 0 Å². The Bertz CT molecular complexity index is 304. The van der Waals surface area contributed by atoms with Gasteiger partial charge in [-0.3, -0.25) is 4.79 Å². The van der Waals surface area contributed by atoms with Crippen molar-refractivity contribution in [3.63, 3.8) is 0 Å². The van der Waals surface area contributed by atoms with Crippen LogP contribution in [0, 0.1) is 16.7 Å². The first-order chi connectivity index (χ1) is 7.22. The molecule has 1 aliphatic heterocycles. The lowest BCUT2D eigenvalue weighted by atomic mass is 10.1. The number of nitrogens with zero attached hydrogens (tertiary/aromatic N) is 2. The SMILES string of the molecule is CCC1CN(C(=O)C2(C#N)CC2)CCO1. The van der Waals surface area contributed by atoms with Gasteiger partial charge in [-0.2, -0.15) is 5.26 Å². The summed E-state index contributed by atoms with van der Waals surface area (Å²) in [4.78, 5) is 13.8. The maximum absolute atomic E-state index is 12.0. The van der Waals surface area contributed by atoms with Gasteiger partial charge in [0.05, 0.1) is 18.8 Å². The lowest BCUT2D eigenvalue weighted by molar-refractivity contribution is -0.142. The van der Waals surface area contributed by atoms with Crippen LogP contribution in [0.25, 0.3) is 0 Å². The molecule has 0 radical (unpaired) electrons. The van der Waals surface area contributed by atoms with Gasteiger partial charge in [-0.05, 0) is 19.3 Å². The van der Waals surface area contributed by atoms with Crippen molar-refractivity contribution in [1.29, 1.82) is 5.26 Å². The molecule has 0 aromatic heterocycles. The van der Waals surface area contributed by atoms with Crippen molar-refractivity contribution in [1.82, 2.24) is 4.90 Å². The van der Waals surface area contributed by atoms with Crippen LogP contribution in [0.1, 0.15) is 26.2 Å². The number of morpholine rings is 1. The number of rotatable bonds is 2. The van der Waals surface area contributed by atoms with E-state index in [1.165, 1.54) is 0 Å². The molecule has 1 saturated heterocycles. The summed E-state index contributed by atoms with van der Waals surface area (Å²) in [6.07, 6.45) is 2.54. The van der Waals surface area contributed by atoms with E-state index < -0.39 is 5.41 Å². The van der Waals surface area contributed by atoms with E-state index in [4.69, 9.17) is 10.00 Å². The zero-order valence-electron chi connectivity index (χ0n) is 9.03. The van der Waals surface area contributed by atoms with Gasteiger partial charge in [0.15, 0.2) is 0 Å². The van der Waals surface area contributed by atoms with Gasteiger partial charge in [0.1, 0.15) is 5.41 Å². The highest BCUT2D eigenvalue weighted by atomic mass is 16.5. The minimum atomic E-state index is -0.671. The lowest BCUT2D eigenvalue weighted by Gasteiger charge is -2.33. The van der Waals surface area contributed by atoms with Gasteiger partial charge in [-0.25, -0.2) is 0 Å². The van der Waals surface area contributed by atoms with E-state index in [1.54, 1.807) is 4.90 Å². The third kappa shape index (κ3) is 1.84. The van der Waals surface area contributed by atoms with Crippen LogP contribution >= 0.6 is 0 Å². The van der Waals surface area contributed by atoms with E-state index in [2.05, 4.69) is 13.0 Å². The molecule has 1 heterocycles. The Morgan fingerprint density at radius 3 is 2.93 bits per heavy atom. The molecule has 1 saturated carbocycles. The molecule has 0 N–H and O–H groups in total. The van der Waals surface area contributed by atoms with Crippen LogP contribution in [0.5, 0.6) is 0 Å². The third-order valence-electron chi connectivity index (χ3n) is 3.25. The van der Waals surface area contributed by atoms with Crippen molar-refractivity contribution in [2.24, 2.45) is 5.41 Å². The normalized spacial score (nSPS) is 28.3. The Kier molecular flexibility index (Phi) is 2.66. The van der Waals surface area contributed by atoms with Crippen LogP contribution in [-0.4, -0.2) is 36.6 Å². The van der Waals surface area contributed by atoms with E-state index in [-0.39, 0.29) is 12.0 Å². The number of ether oxygens (including phenoxy) is 1. The van der Waals surface area contributed by atoms with E-state index in [9.17, 15) is 4.79 Å². The minimum Gasteiger partial charge on any atom is -0.375 e. The van der Waals surface area contributed by atoms with Crippen molar-refractivity contribution >= 4 is 5.91 Å². The molecule has 4 nitrogen and oxygen atoms in total. The third-order valence-corrected chi connectivity index (χ3v) is 3.25. The van der Waals surface area contributed by atoms with Crippen LogP contribution < -0.4 is 0 Å². The second-order valence-electron chi connectivity index (χ2n) is 4.35. The van der Waals surface area contributed by atoms with Gasteiger partial charge in [0.25, 0.3) is 0 Å². The first kappa shape index (κ1) is 10.4. The molecular weight excluding hydrogens is 192 g/mol. The van der Waals surface area contributed by atoms with E-state index >= 15 is 0 Å². The number of amides is 1. The summed E-state index contributed by atoms with van der Waals surface area (Å²) < 4.78 is 5.50. The molecule has 15 heavy (non-hydrogen) atoms. The number of carbonyl (C=O) groups excluding carboxylic acids is 1. The van der Waals surface area contributed by atoms with Gasteiger partial charge in [0.2, 0.25) is 5.91 Å². The van der Waals surface area contributed by atoms with Crippen LogP contribution in [0.4, 0.5) is 0 Å². The number of carbonyl (C=O) groups is 1. The van der Waals surface area contributed by atoms with Crippen molar-refractivity contribution < 1.29 is 9.53 Å². The monoisotopic (exact) mass is 208 g/mol. The summed E-state index contributed by atoms with van der Waals surface area (Å²) in [6, 6.07) is 2.15. The Hall–Kier alpha value is -1.08. The summed E-state index contributed by atoms with van der Waals surface area (Å²) in [6.45, 7) is 3.94. The summed E-state index contributed by atoms with van der Waals surface area (Å²) >= 11 is 0. The Morgan fingerprint density at radius 2 is 2.40 bits per heavy atom. The zero-order chi connectivity index (χ0) is 10.9. The molecule has 82 valence electrons. The summed E-state index contributed by atoms with van der Waals surface area (Å²) in [7, 11) is 0. The van der Waals surface area contributed by atoms with E-state index in [0.29, 0.717) is 19.7 Å². The molecule has 2 fully saturated rings. The summed E-state index contributed by atoms with van der Waals surface area (Å²) in [5, 5.41) is 8.95. The fraction of sp³-hybridized carbons (Fsp3) is 0.818. The fourth-order valence-electron chi connectivity index (χ4n) is 1.95. The van der Waals surface area contributed by atoms with Crippen LogP contribution in [0.15, 0.2) is 0 Å². The van der Waals surface area contributed by atoms with Gasteiger partial charge >= 0.3 is 0 Å². The van der Waals surface area contributed by atoms with Crippen molar-refractivity contribution in [2.45, 2.75) is 32.3 Å². The van der Waals surface area contributed by atoms with Gasteiger partial charge < -0.3 is 9.64 Å². The zero-order valence-corrected chi connectivity index (χ0v) is 9.03. The maximum atomic E-state index is 12.0. The van der Waals surface area contributed by atoms with E-state index in [0.717, 1.165) is 19.3 Å². The Labute approximate surface area is 89.8 Å². The Morgan fingerprint density at radius 1 is 1.67 bits per heavy atom. The average Bonchev–Trinajstić information content (AvgIpc) is 3.09. The molecule has 1 amide bonds. The highest BCUT2D eigenvalue weighted by molar-refractivity contribution is 5.88. The second-order valence-corrected chi connectivity index (χ2v) is 4.35. The van der Waals surface area contributed by atoms with Crippen LogP contribution in [-0.2, 0) is 9.53 Å². The Balaban J connectivity index is 1.99. The summed E-state index contributed by atoms with van der Waals surface area (Å²) in [5.41, 5.74) is -0.671. The second kappa shape index (κ2) is 3.82. The predicted molar refractivity (Wildman–Crippen MR) is 53.9 cm³/mol. The molecule has 4 heteroatoms. The largest absolute Gasteiger partial charge is 0.375 e. The molecule has 0 aromatic rings. The molecule has 2 aliphatic rings. The van der Waals surface area contributed by atoms with Crippen molar-refractivity contribution in [2.75, 3.05) is 19.7 Å². The quantitative estimate of drug-likeness (QED) is 0.678. The molecule has 0 bridgehead atoms. The predicted octanol–water partition coefficient (Wildman–Crippen LogP) is 0.928. The van der Waals surface area contributed by atoms with Gasteiger partial charge in [0, 0.05) is 13.1 Å². The van der Waals surface area contributed by atoms with Gasteiger partial charge in [-0.1, -0.05) is 6.92 Å². The lowest BCUT2D eigenvalue weighted by Crippen LogP contribution is -2.48. The topological polar surface area (TPSA) is 53.3 Å². The fourth-order valence-corrected chi connectivity index (χ4v) is 1.95. The number of hydrogen-bond acceptors (Lipinski definition) is 3. The number of hydrogen-bond donors (Lipinski definition) is 0. The first-order valence-corrected chi connectivity index (χ1v) is 5.54. The van der Waals surface area contributed by atoms with Crippen LogP contribution in [0.3, 0.4) is 0 Å². The maximum Gasteiger partial charge on any atom is 0.243 e. The molecule has 2 rings (SSSR count). The molecule has 0 aromatic carbocycles. The molecule has 1 atom stereocenters. The summed E-state index contributed by atoms with van der Waals surface area (Å²) in [5.74, 6) is 0.0201. The highest BCUT2D eigenvalue weighted by Gasteiger charge is 2.52. The standard InChI is InChI=1S/C11H16N2O2/c1-2-9-7-13(5-6-15-9)10(14)11(8-12)3-4-11/h9H,2-7H2,1H3. The molecule has 1 unspecified atom stereocenters. The molecule has 0 spiro atoms. The smallest absolute Gasteiger partial charge is 0.243 e. The van der Waals surface area contributed by atoms with Crippen molar-refractivity contribution in [3.05, 3.63) is 0 Å². The highest BCUT2D eigenvalue weighted by Crippen LogP contribution is 2.46. The number of nitriles is 1.